The van der Waals surface area contributed by atoms with Gasteiger partial charge in [0.15, 0.2) is 0 Å². The zero-order valence-electron chi connectivity index (χ0n) is 12.2. The number of hydrogen-bond acceptors (Lipinski definition) is 1. The number of hydrogen-bond donors (Lipinski definition) is 1. The molecule has 0 amide bonds. The first-order chi connectivity index (χ1) is 8.79. The molecular formula is C16H21ClN2. The van der Waals surface area contributed by atoms with Crippen LogP contribution in [0.2, 0.25) is 0 Å². The van der Waals surface area contributed by atoms with Crippen molar-refractivity contribution in [3.8, 4) is 11.4 Å². The average Bonchev–Trinajstić information content (AvgIpc) is 2.70. The van der Waals surface area contributed by atoms with Gasteiger partial charge in [0.25, 0.3) is 0 Å². The smallest absolute Gasteiger partial charge is 0.137 e. The number of rotatable bonds is 2. The molecule has 2 rings (SSSR count). The van der Waals surface area contributed by atoms with Crippen molar-refractivity contribution in [2.45, 2.75) is 45.4 Å². The third-order valence-corrected chi connectivity index (χ3v) is 3.53. The van der Waals surface area contributed by atoms with E-state index in [0.29, 0.717) is 0 Å². The predicted octanol–water partition coefficient (Wildman–Crippen LogP) is 4.98. The normalized spacial score (nSPS) is 13.6. The maximum atomic E-state index is 6.11. The number of aromatic amines is 1. The lowest BCUT2D eigenvalue weighted by Crippen LogP contribution is -2.10. The Hall–Kier alpha value is -1.28. The Balaban J connectivity index is 2.35. The van der Waals surface area contributed by atoms with Crippen LogP contribution in [0.25, 0.3) is 11.4 Å². The second-order valence-corrected chi connectivity index (χ2v) is 6.69. The van der Waals surface area contributed by atoms with Crippen LogP contribution in [-0.4, -0.2) is 9.97 Å². The molecule has 0 radical (unpaired) electrons. The molecule has 1 N–H and O–H groups in total. The Bertz CT molecular complexity index is 559. The summed E-state index contributed by atoms with van der Waals surface area (Å²) in [4.78, 5) is 7.89. The van der Waals surface area contributed by atoms with Gasteiger partial charge >= 0.3 is 0 Å². The Labute approximate surface area is 120 Å². The van der Waals surface area contributed by atoms with Crippen molar-refractivity contribution in [3.63, 3.8) is 0 Å². The first-order valence-electron chi connectivity index (χ1n) is 6.60. The second kappa shape index (κ2) is 5.01. The molecule has 0 saturated heterocycles. The lowest BCUT2D eigenvalue weighted by atomic mass is 9.87. The first-order valence-corrected chi connectivity index (χ1v) is 7.04. The van der Waals surface area contributed by atoms with Gasteiger partial charge in [-0.3, -0.25) is 0 Å². The number of imidazole rings is 1. The molecule has 19 heavy (non-hydrogen) atoms. The van der Waals surface area contributed by atoms with Gasteiger partial charge < -0.3 is 4.98 Å². The summed E-state index contributed by atoms with van der Waals surface area (Å²) in [6.45, 7) is 10.6. The lowest BCUT2D eigenvalue weighted by Gasteiger charge is -2.18. The third kappa shape index (κ3) is 3.01. The Morgan fingerprint density at radius 2 is 1.74 bits per heavy atom. The van der Waals surface area contributed by atoms with E-state index < -0.39 is 0 Å². The molecule has 2 aromatic rings. The van der Waals surface area contributed by atoms with E-state index in [-0.39, 0.29) is 10.8 Å². The van der Waals surface area contributed by atoms with Crippen molar-refractivity contribution in [1.29, 1.82) is 0 Å². The van der Waals surface area contributed by atoms with Gasteiger partial charge in [0.05, 0.1) is 11.1 Å². The van der Waals surface area contributed by atoms with Crippen LogP contribution in [-0.2, 0) is 5.41 Å². The van der Waals surface area contributed by atoms with Gasteiger partial charge in [0, 0.05) is 11.3 Å². The molecule has 0 saturated carbocycles. The van der Waals surface area contributed by atoms with Crippen molar-refractivity contribution in [1.82, 2.24) is 9.97 Å². The molecular weight excluding hydrogens is 256 g/mol. The minimum atomic E-state index is -0.0705. The largest absolute Gasteiger partial charge is 0.342 e. The molecule has 0 aliphatic carbocycles. The van der Waals surface area contributed by atoms with Gasteiger partial charge in [-0.1, -0.05) is 45.0 Å². The molecule has 1 aromatic heterocycles. The zero-order chi connectivity index (χ0) is 14.2. The standard InChI is InChI=1S/C16H21ClN2/c1-10(17)14-11(2)18-15(19-14)12-6-8-13(9-7-12)16(3,4)5/h6-10H,1-5H3,(H,18,19). The number of aryl methyl sites for hydroxylation is 1. The molecule has 0 aliphatic rings. The maximum absolute atomic E-state index is 6.11. The number of halogens is 1. The topological polar surface area (TPSA) is 28.7 Å². The van der Waals surface area contributed by atoms with Crippen LogP contribution < -0.4 is 0 Å². The molecule has 0 fully saturated rings. The van der Waals surface area contributed by atoms with Gasteiger partial charge in [-0.2, -0.15) is 0 Å². The predicted molar refractivity (Wildman–Crippen MR) is 81.7 cm³/mol. The fourth-order valence-corrected chi connectivity index (χ4v) is 2.34. The highest BCUT2D eigenvalue weighted by Gasteiger charge is 2.15. The Morgan fingerprint density at radius 1 is 1.16 bits per heavy atom. The van der Waals surface area contributed by atoms with Gasteiger partial charge in [0.2, 0.25) is 0 Å². The van der Waals surface area contributed by atoms with E-state index in [4.69, 9.17) is 11.6 Å². The van der Waals surface area contributed by atoms with Crippen LogP contribution >= 0.6 is 11.6 Å². The molecule has 1 heterocycles. The van der Waals surface area contributed by atoms with Crippen LogP contribution in [0.4, 0.5) is 0 Å². The minimum Gasteiger partial charge on any atom is -0.342 e. The summed E-state index contributed by atoms with van der Waals surface area (Å²) in [6.07, 6.45) is 0. The number of nitrogens with one attached hydrogen (secondary N) is 1. The molecule has 1 unspecified atom stereocenters. The monoisotopic (exact) mass is 276 g/mol. The highest BCUT2D eigenvalue weighted by Crippen LogP contribution is 2.27. The van der Waals surface area contributed by atoms with Gasteiger partial charge in [0.1, 0.15) is 5.82 Å². The quantitative estimate of drug-likeness (QED) is 0.770. The maximum Gasteiger partial charge on any atom is 0.137 e. The first kappa shape index (κ1) is 14.1. The summed E-state index contributed by atoms with van der Waals surface area (Å²) in [5.41, 5.74) is 4.56. The van der Waals surface area contributed by atoms with E-state index in [1.165, 1.54) is 5.56 Å². The van der Waals surface area contributed by atoms with Crippen LogP contribution in [0, 0.1) is 6.92 Å². The molecule has 2 nitrogen and oxygen atoms in total. The minimum absolute atomic E-state index is 0.0705. The van der Waals surface area contributed by atoms with E-state index in [1.807, 2.05) is 13.8 Å². The number of aromatic nitrogens is 2. The molecule has 3 heteroatoms. The summed E-state index contributed by atoms with van der Waals surface area (Å²) >= 11 is 6.11. The highest BCUT2D eigenvalue weighted by molar-refractivity contribution is 6.20. The Kier molecular flexibility index (Phi) is 3.73. The highest BCUT2D eigenvalue weighted by atomic mass is 35.5. The van der Waals surface area contributed by atoms with Crippen molar-refractivity contribution in [3.05, 3.63) is 41.2 Å². The summed E-state index contributed by atoms with van der Waals surface area (Å²) < 4.78 is 0. The molecule has 0 bridgehead atoms. The van der Waals surface area contributed by atoms with Gasteiger partial charge in [-0.15, -0.1) is 11.6 Å². The summed E-state index contributed by atoms with van der Waals surface area (Å²) in [5, 5.41) is -0.0705. The van der Waals surface area contributed by atoms with E-state index in [2.05, 4.69) is 55.0 Å². The van der Waals surface area contributed by atoms with Crippen molar-refractivity contribution >= 4 is 11.6 Å². The molecule has 1 atom stereocenters. The fraction of sp³-hybridized carbons (Fsp3) is 0.438. The third-order valence-electron chi connectivity index (χ3n) is 3.32. The van der Waals surface area contributed by atoms with E-state index in [9.17, 15) is 0 Å². The molecule has 1 aromatic carbocycles. The number of H-pyrrole nitrogens is 1. The van der Waals surface area contributed by atoms with E-state index in [1.54, 1.807) is 0 Å². The second-order valence-electron chi connectivity index (χ2n) is 6.04. The average molecular weight is 277 g/mol. The van der Waals surface area contributed by atoms with Gasteiger partial charge in [-0.25, -0.2) is 4.98 Å². The van der Waals surface area contributed by atoms with E-state index >= 15 is 0 Å². The Morgan fingerprint density at radius 3 is 2.16 bits per heavy atom. The lowest BCUT2D eigenvalue weighted by molar-refractivity contribution is 0.590. The molecule has 102 valence electrons. The summed E-state index contributed by atoms with van der Waals surface area (Å²) in [5.74, 6) is 0.889. The molecule has 0 spiro atoms. The van der Waals surface area contributed by atoms with E-state index in [0.717, 1.165) is 22.8 Å². The number of alkyl halides is 1. The van der Waals surface area contributed by atoms with Crippen molar-refractivity contribution in [2.75, 3.05) is 0 Å². The zero-order valence-corrected chi connectivity index (χ0v) is 13.0. The fourth-order valence-electron chi connectivity index (χ4n) is 2.13. The summed E-state index contributed by atoms with van der Waals surface area (Å²) in [6, 6.07) is 8.55. The number of nitrogens with zero attached hydrogens (tertiary/aromatic N) is 1. The van der Waals surface area contributed by atoms with Crippen LogP contribution in [0.15, 0.2) is 24.3 Å². The molecule has 0 aliphatic heterocycles. The van der Waals surface area contributed by atoms with Crippen molar-refractivity contribution < 1.29 is 0 Å². The van der Waals surface area contributed by atoms with Crippen LogP contribution in [0.3, 0.4) is 0 Å². The van der Waals surface area contributed by atoms with Crippen molar-refractivity contribution in [2.24, 2.45) is 0 Å². The van der Waals surface area contributed by atoms with Gasteiger partial charge in [-0.05, 0) is 24.8 Å². The van der Waals surface area contributed by atoms with Crippen LogP contribution in [0.1, 0.15) is 50.0 Å². The SMILES string of the molecule is Cc1[nH]c(-c2ccc(C(C)(C)C)cc2)nc1C(C)Cl. The van der Waals surface area contributed by atoms with Crippen LogP contribution in [0.5, 0.6) is 0 Å². The summed E-state index contributed by atoms with van der Waals surface area (Å²) in [7, 11) is 0. The number of benzene rings is 1.